The molecular formula is C24H26Cl2N2O6. The molecule has 0 saturated carbocycles. The summed E-state index contributed by atoms with van der Waals surface area (Å²) < 4.78 is 5.18. The number of ketones is 1. The quantitative estimate of drug-likeness (QED) is 0.460. The van der Waals surface area contributed by atoms with E-state index in [0.29, 0.717) is 5.56 Å². The molecule has 1 unspecified atom stereocenters. The van der Waals surface area contributed by atoms with Crippen LogP contribution in [0.5, 0.6) is 0 Å². The van der Waals surface area contributed by atoms with E-state index in [0.717, 1.165) is 0 Å². The van der Waals surface area contributed by atoms with Gasteiger partial charge in [-0.1, -0.05) is 59.6 Å². The van der Waals surface area contributed by atoms with Gasteiger partial charge in [-0.05, 0) is 50.5 Å². The number of alkyl carbamates (subject to hydrolysis) is 1. The summed E-state index contributed by atoms with van der Waals surface area (Å²) in [7, 11) is 0. The molecule has 0 fully saturated rings. The summed E-state index contributed by atoms with van der Waals surface area (Å²) in [5.74, 6) is -3.31. The molecule has 0 saturated heterocycles. The van der Waals surface area contributed by atoms with Crippen LogP contribution in [0.15, 0.2) is 48.5 Å². The van der Waals surface area contributed by atoms with E-state index in [1.807, 2.05) is 0 Å². The fourth-order valence-electron chi connectivity index (χ4n) is 3.47. The molecule has 2 atom stereocenters. The second kappa shape index (κ2) is 11.0. The van der Waals surface area contributed by atoms with E-state index >= 15 is 0 Å². The molecule has 0 spiro atoms. The van der Waals surface area contributed by atoms with Crippen molar-refractivity contribution in [3.63, 3.8) is 0 Å². The minimum atomic E-state index is -2.16. The lowest BCUT2D eigenvalue weighted by Gasteiger charge is -2.34. The van der Waals surface area contributed by atoms with Gasteiger partial charge in [0.05, 0.1) is 12.5 Å². The molecule has 34 heavy (non-hydrogen) atoms. The van der Waals surface area contributed by atoms with Gasteiger partial charge in [0.25, 0.3) is 0 Å². The smallest absolute Gasteiger partial charge is 0.414 e. The van der Waals surface area contributed by atoms with Crippen molar-refractivity contribution >= 4 is 47.0 Å². The van der Waals surface area contributed by atoms with Gasteiger partial charge in [-0.15, -0.1) is 0 Å². The number of carboxylic acids is 1. The SMILES string of the molecule is CC(C)(C)OC(=O)NC(=O)C(Cc1ccccc1)(C(=O)[C@@H](N)CC(=O)O)c1ccc(Cl)cc1Cl. The van der Waals surface area contributed by atoms with Gasteiger partial charge in [0.2, 0.25) is 5.91 Å². The number of aliphatic carboxylic acids is 1. The molecule has 0 radical (unpaired) electrons. The minimum Gasteiger partial charge on any atom is -0.481 e. The van der Waals surface area contributed by atoms with Crippen molar-refractivity contribution in [1.82, 2.24) is 5.32 Å². The van der Waals surface area contributed by atoms with E-state index in [-0.39, 0.29) is 22.0 Å². The minimum absolute atomic E-state index is 0.0225. The maximum atomic E-state index is 13.8. The third-order valence-electron chi connectivity index (χ3n) is 4.86. The average molecular weight is 509 g/mol. The molecule has 0 aromatic heterocycles. The van der Waals surface area contributed by atoms with Crippen LogP contribution >= 0.6 is 23.2 Å². The molecule has 10 heteroatoms. The fraction of sp³-hybridized carbons (Fsp3) is 0.333. The zero-order valence-electron chi connectivity index (χ0n) is 18.9. The van der Waals surface area contributed by atoms with Crippen molar-refractivity contribution in [2.24, 2.45) is 5.73 Å². The number of benzene rings is 2. The van der Waals surface area contributed by atoms with Crippen LogP contribution in [0, 0.1) is 0 Å². The summed E-state index contributed by atoms with van der Waals surface area (Å²) in [4.78, 5) is 51.2. The molecule has 2 amide bonds. The van der Waals surface area contributed by atoms with Crippen LogP contribution in [0.2, 0.25) is 10.0 Å². The van der Waals surface area contributed by atoms with Gasteiger partial charge in [-0.2, -0.15) is 0 Å². The Balaban J connectivity index is 2.73. The van der Waals surface area contributed by atoms with Crippen molar-refractivity contribution in [1.29, 1.82) is 0 Å². The van der Waals surface area contributed by atoms with E-state index in [1.165, 1.54) is 18.2 Å². The Hall–Kier alpha value is -2.94. The lowest BCUT2D eigenvalue weighted by molar-refractivity contribution is -0.143. The second-order valence-corrected chi connectivity index (χ2v) is 9.56. The highest BCUT2D eigenvalue weighted by atomic mass is 35.5. The monoisotopic (exact) mass is 508 g/mol. The maximum absolute atomic E-state index is 13.8. The first kappa shape index (κ1) is 27.3. The Bertz CT molecular complexity index is 1080. The topological polar surface area (TPSA) is 136 Å². The lowest BCUT2D eigenvalue weighted by atomic mass is 9.69. The number of carboxylic acid groups (broad SMARTS) is 1. The molecule has 0 aliphatic rings. The molecule has 2 rings (SSSR count). The van der Waals surface area contributed by atoms with E-state index in [9.17, 15) is 24.3 Å². The second-order valence-electron chi connectivity index (χ2n) is 8.72. The van der Waals surface area contributed by atoms with Gasteiger partial charge in [0.15, 0.2) is 5.78 Å². The van der Waals surface area contributed by atoms with Crippen LogP contribution in [0.3, 0.4) is 0 Å². The van der Waals surface area contributed by atoms with Gasteiger partial charge in [-0.3, -0.25) is 19.7 Å². The molecule has 0 bridgehead atoms. The fourth-order valence-corrected chi connectivity index (χ4v) is 4.04. The number of rotatable bonds is 8. The van der Waals surface area contributed by atoms with Crippen molar-refractivity contribution in [2.45, 2.75) is 50.7 Å². The number of hydrogen-bond acceptors (Lipinski definition) is 6. The van der Waals surface area contributed by atoms with Gasteiger partial charge in [0, 0.05) is 10.0 Å². The molecule has 2 aromatic rings. The number of amides is 2. The number of halogens is 2. The van der Waals surface area contributed by atoms with Crippen molar-refractivity contribution in [3.05, 3.63) is 69.7 Å². The van der Waals surface area contributed by atoms with Crippen LogP contribution in [-0.2, 0) is 31.0 Å². The Labute approximate surface area is 207 Å². The Kier molecular flexibility index (Phi) is 8.83. The van der Waals surface area contributed by atoms with Crippen LogP contribution < -0.4 is 11.1 Å². The third-order valence-corrected chi connectivity index (χ3v) is 5.40. The van der Waals surface area contributed by atoms with E-state index in [1.54, 1.807) is 51.1 Å². The summed E-state index contributed by atoms with van der Waals surface area (Å²) >= 11 is 12.5. The summed E-state index contributed by atoms with van der Waals surface area (Å²) in [5.41, 5.74) is 3.44. The number of carbonyl (C=O) groups is 4. The van der Waals surface area contributed by atoms with Crippen LogP contribution in [0.25, 0.3) is 0 Å². The number of nitrogens with two attached hydrogens (primary N) is 1. The van der Waals surface area contributed by atoms with Gasteiger partial charge >= 0.3 is 12.1 Å². The number of Topliss-reactive ketones (excluding diaryl/α,β-unsaturated/α-hetero) is 1. The van der Waals surface area contributed by atoms with E-state index in [2.05, 4.69) is 5.32 Å². The van der Waals surface area contributed by atoms with Crippen LogP contribution in [-0.4, -0.2) is 40.5 Å². The first-order valence-electron chi connectivity index (χ1n) is 10.3. The predicted octanol–water partition coefficient (Wildman–Crippen LogP) is 3.90. The average Bonchev–Trinajstić information content (AvgIpc) is 2.70. The van der Waals surface area contributed by atoms with E-state index in [4.69, 9.17) is 33.7 Å². The summed E-state index contributed by atoms with van der Waals surface area (Å²) in [6.07, 6.45) is -2.07. The Morgan fingerprint density at radius 2 is 1.68 bits per heavy atom. The zero-order chi connectivity index (χ0) is 25.7. The summed E-state index contributed by atoms with van der Waals surface area (Å²) in [5, 5.41) is 11.5. The molecular weight excluding hydrogens is 483 g/mol. The third kappa shape index (κ3) is 6.79. The molecule has 4 N–H and O–H groups in total. The number of imide groups is 1. The molecule has 0 aliphatic carbocycles. The van der Waals surface area contributed by atoms with Crippen LogP contribution in [0.1, 0.15) is 38.3 Å². The first-order valence-corrected chi connectivity index (χ1v) is 11.1. The predicted molar refractivity (Wildman–Crippen MR) is 128 cm³/mol. The zero-order valence-corrected chi connectivity index (χ0v) is 20.4. The molecule has 2 aromatic carbocycles. The van der Waals surface area contributed by atoms with Gasteiger partial charge in [-0.25, -0.2) is 4.79 Å². The van der Waals surface area contributed by atoms with Gasteiger partial charge in [0.1, 0.15) is 11.0 Å². The highest BCUT2D eigenvalue weighted by Gasteiger charge is 2.51. The first-order chi connectivity index (χ1) is 15.8. The number of carbonyl (C=O) groups excluding carboxylic acids is 3. The highest BCUT2D eigenvalue weighted by Crippen LogP contribution is 2.37. The standard InChI is InChI=1S/C24H26Cl2N2O6/c1-23(2,3)34-22(33)28-21(32)24(13-14-7-5-4-6-8-14,20(31)18(27)12-19(29)30)16-10-9-15(25)11-17(16)26/h4-11,18H,12-13,27H2,1-3H3,(H,29,30)(H,28,32,33)/t18-,24?/m0/s1. The van der Waals surface area contributed by atoms with Crippen molar-refractivity contribution in [3.8, 4) is 0 Å². The normalized spacial score (nSPS) is 13.9. The number of hydrogen-bond donors (Lipinski definition) is 3. The van der Waals surface area contributed by atoms with Gasteiger partial charge < -0.3 is 15.6 Å². The maximum Gasteiger partial charge on any atom is 0.414 e. The Morgan fingerprint density at radius 1 is 1.06 bits per heavy atom. The molecule has 182 valence electrons. The van der Waals surface area contributed by atoms with Crippen molar-refractivity contribution in [2.75, 3.05) is 0 Å². The van der Waals surface area contributed by atoms with Crippen molar-refractivity contribution < 1.29 is 29.0 Å². The molecule has 8 nitrogen and oxygen atoms in total. The number of nitrogens with one attached hydrogen (secondary N) is 1. The van der Waals surface area contributed by atoms with E-state index < -0.39 is 47.2 Å². The largest absolute Gasteiger partial charge is 0.481 e. The number of ether oxygens (including phenoxy) is 1. The van der Waals surface area contributed by atoms with Crippen LogP contribution in [0.4, 0.5) is 4.79 Å². The molecule has 0 aliphatic heterocycles. The highest BCUT2D eigenvalue weighted by molar-refractivity contribution is 6.36. The Morgan fingerprint density at radius 3 is 2.21 bits per heavy atom. The lowest BCUT2D eigenvalue weighted by Crippen LogP contribution is -2.58. The molecule has 0 heterocycles. The summed E-state index contributed by atoms with van der Waals surface area (Å²) in [6.45, 7) is 4.83. The summed E-state index contributed by atoms with van der Waals surface area (Å²) in [6, 6.07) is 11.1.